The first-order valence-electron chi connectivity index (χ1n) is 8.99. The van der Waals surface area contributed by atoms with Crippen LogP contribution < -0.4 is 15.4 Å². The predicted molar refractivity (Wildman–Crippen MR) is 94.8 cm³/mol. The Kier molecular flexibility index (Phi) is 6.05. The summed E-state index contributed by atoms with van der Waals surface area (Å²) in [6, 6.07) is 7.19. The molecule has 1 unspecified atom stereocenters. The van der Waals surface area contributed by atoms with Gasteiger partial charge in [-0.1, -0.05) is 12.1 Å². The van der Waals surface area contributed by atoms with Crippen molar-refractivity contribution in [3.8, 4) is 5.75 Å². The summed E-state index contributed by atoms with van der Waals surface area (Å²) in [4.78, 5) is 11.9. The third-order valence-electron chi connectivity index (χ3n) is 4.76. The molecule has 10 heteroatoms. The monoisotopic (exact) mass is 397 g/mol. The number of methoxy groups -OCH3 is 1. The maximum atomic E-state index is 12.8. The molecule has 152 valence electrons. The zero-order chi connectivity index (χ0) is 20.1. The fraction of sp³-hybridized carbons (Fsp3) is 0.500. The number of nitrogens with one attached hydrogen (secondary N) is 2. The molecule has 0 saturated heterocycles. The van der Waals surface area contributed by atoms with Gasteiger partial charge in [-0.05, 0) is 30.5 Å². The average Bonchev–Trinajstić information content (AvgIpc) is 3.08. The molecule has 1 aromatic heterocycles. The van der Waals surface area contributed by atoms with Crippen LogP contribution in [0.15, 0.2) is 24.3 Å². The first-order chi connectivity index (χ1) is 13.4. The number of hydrogen-bond donors (Lipinski definition) is 2. The third-order valence-corrected chi connectivity index (χ3v) is 4.76. The van der Waals surface area contributed by atoms with Gasteiger partial charge in [0.05, 0.1) is 19.6 Å². The number of nitrogens with zero attached hydrogens (tertiary/aromatic N) is 3. The minimum Gasteiger partial charge on any atom is -0.497 e. The number of halogens is 3. The maximum Gasteiger partial charge on any atom is 0.392 e. The Morgan fingerprint density at radius 2 is 2.00 bits per heavy atom. The smallest absolute Gasteiger partial charge is 0.392 e. The molecular formula is C18H22F3N5O2. The largest absolute Gasteiger partial charge is 0.497 e. The molecule has 2 amide bonds. The molecule has 1 aliphatic heterocycles. The molecule has 0 fully saturated rings. The number of carbonyl (C=O) groups excluding carboxylic acids is 1. The van der Waals surface area contributed by atoms with Gasteiger partial charge in [0.1, 0.15) is 11.6 Å². The van der Waals surface area contributed by atoms with E-state index in [1.54, 1.807) is 11.7 Å². The van der Waals surface area contributed by atoms with Crippen LogP contribution in [0.1, 0.15) is 23.6 Å². The van der Waals surface area contributed by atoms with Crippen molar-refractivity contribution in [1.29, 1.82) is 0 Å². The van der Waals surface area contributed by atoms with Gasteiger partial charge in [0.2, 0.25) is 0 Å². The van der Waals surface area contributed by atoms with Gasteiger partial charge in [-0.3, -0.25) is 0 Å². The van der Waals surface area contributed by atoms with Crippen LogP contribution in [0.5, 0.6) is 5.75 Å². The van der Waals surface area contributed by atoms with E-state index in [0.29, 0.717) is 24.6 Å². The van der Waals surface area contributed by atoms with Crippen LogP contribution in [-0.4, -0.2) is 40.6 Å². The summed E-state index contributed by atoms with van der Waals surface area (Å²) in [5, 5.41) is 13.2. The van der Waals surface area contributed by atoms with Gasteiger partial charge >= 0.3 is 12.2 Å². The van der Waals surface area contributed by atoms with Gasteiger partial charge in [-0.25, -0.2) is 4.79 Å². The summed E-state index contributed by atoms with van der Waals surface area (Å²) in [6.45, 7) is 0.754. The lowest BCUT2D eigenvalue weighted by Gasteiger charge is -2.25. The number of hydrogen-bond acceptors (Lipinski definition) is 4. The number of carbonyl (C=O) groups is 1. The molecule has 1 aromatic carbocycles. The maximum absolute atomic E-state index is 12.8. The van der Waals surface area contributed by atoms with Crippen LogP contribution in [0.3, 0.4) is 0 Å². The fourth-order valence-corrected chi connectivity index (χ4v) is 3.13. The van der Waals surface area contributed by atoms with Crippen LogP contribution in [0.25, 0.3) is 0 Å². The molecule has 0 aliphatic carbocycles. The average molecular weight is 397 g/mol. The van der Waals surface area contributed by atoms with Gasteiger partial charge in [0.15, 0.2) is 5.82 Å². The van der Waals surface area contributed by atoms with Crippen LogP contribution >= 0.6 is 0 Å². The second kappa shape index (κ2) is 8.49. The summed E-state index contributed by atoms with van der Waals surface area (Å²) in [5.74, 6) is 0.158. The van der Waals surface area contributed by atoms with Crippen LogP contribution in [-0.2, 0) is 25.9 Å². The highest BCUT2D eigenvalue weighted by atomic mass is 19.4. The standard InChI is InChI=1S/C18H22F3N5O2/c1-28-14-4-2-12(3-5-14)6-8-22-17(27)23-11-16-25-24-15-10-13(18(19,20)21)7-9-26(15)16/h2-5,13H,6-11H2,1H3,(H2,22,23,27). The van der Waals surface area contributed by atoms with E-state index in [1.165, 1.54) is 0 Å². The SMILES string of the molecule is COc1ccc(CCNC(=O)NCc2nnc3n2CCC(C(F)(F)F)C3)cc1. The number of amides is 2. The van der Waals surface area contributed by atoms with Crippen LogP contribution in [0.2, 0.25) is 0 Å². The zero-order valence-corrected chi connectivity index (χ0v) is 15.4. The number of ether oxygens (including phenoxy) is 1. The lowest BCUT2D eigenvalue weighted by molar-refractivity contribution is -0.179. The molecule has 1 atom stereocenters. The van der Waals surface area contributed by atoms with Crippen molar-refractivity contribution in [3.05, 3.63) is 41.5 Å². The van der Waals surface area contributed by atoms with Crippen molar-refractivity contribution in [1.82, 2.24) is 25.4 Å². The van der Waals surface area contributed by atoms with E-state index in [1.807, 2.05) is 24.3 Å². The summed E-state index contributed by atoms with van der Waals surface area (Å²) in [5.41, 5.74) is 1.06. The quantitative estimate of drug-likeness (QED) is 0.785. The van der Waals surface area contributed by atoms with E-state index < -0.39 is 12.1 Å². The molecule has 2 aromatic rings. The fourth-order valence-electron chi connectivity index (χ4n) is 3.13. The Hall–Kier alpha value is -2.78. The Balaban J connectivity index is 1.43. The van der Waals surface area contributed by atoms with Crippen LogP contribution in [0, 0.1) is 5.92 Å². The second-order valence-corrected chi connectivity index (χ2v) is 6.62. The first-order valence-corrected chi connectivity index (χ1v) is 8.99. The van der Waals surface area contributed by atoms with Crippen molar-refractivity contribution in [2.24, 2.45) is 5.92 Å². The molecule has 0 radical (unpaired) electrons. The number of urea groups is 1. The Morgan fingerprint density at radius 1 is 1.25 bits per heavy atom. The Morgan fingerprint density at radius 3 is 2.68 bits per heavy atom. The highest BCUT2D eigenvalue weighted by Gasteiger charge is 2.42. The van der Waals surface area contributed by atoms with E-state index in [0.717, 1.165) is 11.3 Å². The molecule has 2 heterocycles. The highest BCUT2D eigenvalue weighted by Crippen LogP contribution is 2.34. The normalized spacial score (nSPS) is 16.4. The van der Waals surface area contributed by atoms with E-state index in [9.17, 15) is 18.0 Å². The van der Waals surface area contributed by atoms with Gasteiger partial charge in [0.25, 0.3) is 0 Å². The molecule has 0 bridgehead atoms. The van der Waals surface area contributed by atoms with Crippen molar-refractivity contribution in [3.63, 3.8) is 0 Å². The van der Waals surface area contributed by atoms with Crippen molar-refractivity contribution in [2.45, 2.75) is 38.5 Å². The number of rotatable bonds is 6. The second-order valence-electron chi connectivity index (χ2n) is 6.62. The molecule has 28 heavy (non-hydrogen) atoms. The lowest BCUT2D eigenvalue weighted by atomic mass is 9.97. The van der Waals surface area contributed by atoms with Crippen molar-refractivity contribution in [2.75, 3.05) is 13.7 Å². The summed E-state index contributed by atoms with van der Waals surface area (Å²) in [6.07, 6.45) is -3.74. The Labute approximate surface area is 160 Å². The predicted octanol–water partition coefficient (Wildman–Crippen LogP) is 2.45. The van der Waals surface area contributed by atoms with Gasteiger partial charge in [0, 0.05) is 19.5 Å². The number of benzene rings is 1. The lowest BCUT2D eigenvalue weighted by Crippen LogP contribution is -2.37. The summed E-state index contributed by atoms with van der Waals surface area (Å²) < 4.78 is 45.3. The molecule has 0 spiro atoms. The number of aromatic nitrogens is 3. The van der Waals surface area contributed by atoms with E-state index in [-0.39, 0.29) is 32.0 Å². The van der Waals surface area contributed by atoms with E-state index in [4.69, 9.17) is 4.74 Å². The van der Waals surface area contributed by atoms with E-state index >= 15 is 0 Å². The van der Waals surface area contributed by atoms with Gasteiger partial charge < -0.3 is 19.9 Å². The molecule has 1 aliphatic rings. The zero-order valence-electron chi connectivity index (χ0n) is 15.4. The van der Waals surface area contributed by atoms with Gasteiger partial charge in [-0.15, -0.1) is 10.2 Å². The van der Waals surface area contributed by atoms with E-state index in [2.05, 4.69) is 20.8 Å². The summed E-state index contributed by atoms with van der Waals surface area (Å²) >= 11 is 0. The molecule has 3 rings (SSSR count). The molecular weight excluding hydrogens is 375 g/mol. The third kappa shape index (κ3) is 4.93. The van der Waals surface area contributed by atoms with Crippen LogP contribution in [0.4, 0.5) is 18.0 Å². The van der Waals surface area contributed by atoms with Gasteiger partial charge in [-0.2, -0.15) is 13.2 Å². The molecule has 2 N–H and O–H groups in total. The highest BCUT2D eigenvalue weighted by molar-refractivity contribution is 5.73. The van der Waals surface area contributed by atoms with Crippen molar-refractivity contribution >= 4 is 6.03 Å². The molecule has 0 saturated carbocycles. The minimum absolute atomic E-state index is 0.00437. The topological polar surface area (TPSA) is 81.1 Å². The number of fused-ring (bicyclic) bond motifs is 1. The van der Waals surface area contributed by atoms with Crippen molar-refractivity contribution < 1.29 is 22.7 Å². The Bertz CT molecular complexity index is 805. The molecule has 7 nitrogen and oxygen atoms in total. The number of alkyl halides is 3. The minimum atomic E-state index is -4.22. The first kappa shape index (κ1) is 20.0. The summed E-state index contributed by atoms with van der Waals surface area (Å²) in [7, 11) is 1.60.